The number of carbonyl (C=O) groups excluding carboxylic acids is 1. The van der Waals surface area contributed by atoms with Gasteiger partial charge in [0.1, 0.15) is 0 Å². The van der Waals surface area contributed by atoms with E-state index in [1.165, 1.54) is 24.5 Å². The van der Waals surface area contributed by atoms with Crippen LogP contribution in [0.3, 0.4) is 0 Å². The van der Waals surface area contributed by atoms with Gasteiger partial charge in [0, 0.05) is 23.1 Å². The van der Waals surface area contributed by atoms with Crippen molar-refractivity contribution in [2.24, 2.45) is 0 Å². The van der Waals surface area contributed by atoms with Crippen molar-refractivity contribution in [3.8, 4) is 0 Å². The van der Waals surface area contributed by atoms with E-state index in [2.05, 4.69) is 20.0 Å². The van der Waals surface area contributed by atoms with Gasteiger partial charge in [0.15, 0.2) is 0 Å². The van der Waals surface area contributed by atoms with Crippen LogP contribution < -0.4 is 10.0 Å². The Hall–Kier alpha value is -2.97. The highest BCUT2D eigenvalue weighted by atomic mass is 35.5. The largest absolute Gasteiger partial charge is 0.325 e. The number of hydrogen-bond donors (Lipinski definition) is 2. The van der Waals surface area contributed by atoms with E-state index in [4.69, 9.17) is 11.6 Å². The highest BCUT2D eigenvalue weighted by Gasteiger charge is 2.51. The van der Waals surface area contributed by atoms with Gasteiger partial charge < -0.3 is 5.32 Å². The van der Waals surface area contributed by atoms with E-state index in [0.29, 0.717) is 10.7 Å². The Kier molecular flexibility index (Phi) is 4.97. The quantitative estimate of drug-likeness (QED) is 0.624. The number of sulfonamides is 1. The zero-order chi connectivity index (χ0) is 20.5. The summed E-state index contributed by atoms with van der Waals surface area (Å²) in [4.78, 5) is 20.6. The first-order valence-electron chi connectivity index (χ1n) is 8.86. The van der Waals surface area contributed by atoms with Crippen LogP contribution in [0.25, 0.3) is 0 Å². The Morgan fingerprint density at radius 3 is 2.31 bits per heavy atom. The maximum absolute atomic E-state index is 12.8. The Morgan fingerprint density at radius 2 is 1.69 bits per heavy atom. The van der Waals surface area contributed by atoms with E-state index < -0.39 is 15.4 Å². The molecule has 2 N–H and O–H groups in total. The molecule has 1 amide bonds. The van der Waals surface area contributed by atoms with E-state index in [9.17, 15) is 13.2 Å². The van der Waals surface area contributed by atoms with Crippen LogP contribution in [0.5, 0.6) is 0 Å². The molecule has 4 rings (SSSR count). The molecule has 0 saturated heterocycles. The summed E-state index contributed by atoms with van der Waals surface area (Å²) in [6, 6.07) is 14.8. The van der Waals surface area contributed by atoms with Crippen molar-refractivity contribution in [1.29, 1.82) is 0 Å². The van der Waals surface area contributed by atoms with Crippen LogP contribution in [-0.4, -0.2) is 24.3 Å². The summed E-state index contributed by atoms with van der Waals surface area (Å²) in [5.74, 6) is -0.145. The van der Waals surface area contributed by atoms with Crippen molar-refractivity contribution in [2.45, 2.75) is 23.2 Å². The number of rotatable bonds is 6. The molecule has 1 saturated carbocycles. The smallest absolute Gasteiger partial charge is 0.264 e. The molecule has 1 aromatic heterocycles. The highest BCUT2D eigenvalue weighted by Crippen LogP contribution is 2.49. The molecular weight excluding hydrogens is 412 g/mol. The van der Waals surface area contributed by atoms with Gasteiger partial charge in [-0.1, -0.05) is 23.7 Å². The SMILES string of the molecule is O=C(Nc1ccc(S(=O)(=O)Nc2ncccn2)cc1)C1(c2cccc(Cl)c2)CC1. The fourth-order valence-electron chi connectivity index (χ4n) is 3.06. The van der Waals surface area contributed by atoms with Gasteiger partial charge in [-0.05, 0) is 60.9 Å². The van der Waals surface area contributed by atoms with Crippen molar-refractivity contribution in [3.63, 3.8) is 0 Å². The average molecular weight is 429 g/mol. The average Bonchev–Trinajstić information content (AvgIpc) is 3.51. The molecule has 0 unspecified atom stereocenters. The number of nitrogens with one attached hydrogen (secondary N) is 2. The molecule has 0 spiro atoms. The second-order valence-electron chi connectivity index (χ2n) is 6.75. The third-order valence-electron chi connectivity index (χ3n) is 4.78. The van der Waals surface area contributed by atoms with Gasteiger partial charge in [0.25, 0.3) is 10.0 Å². The minimum absolute atomic E-state index is 0.0120. The zero-order valence-corrected chi connectivity index (χ0v) is 16.7. The molecule has 1 heterocycles. The third kappa shape index (κ3) is 4.08. The van der Waals surface area contributed by atoms with E-state index in [1.54, 1.807) is 30.3 Å². The normalized spacial score (nSPS) is 14.8. The first-order valence-corrected chi connectivity index (χ1v) is 10.7. The highest BCUT2D eigenvalue weighted by molar-refractivity contribution is 7.92. The Labute approximate surface area is 173 Å². The molecule has 1 aliphatic rings. The lowest BCUT2D eigenvalue weighted by Gasteiger charge is -2.16. The number of anilines is 2. The van der Waals surface area contributed by atoms with Gasteiger partial charge in [-0.2, -0.15) is 0 Å². The van der Waals surface area contributed by atoms with Crippen LogP contribution in [0.4, 0.5) is 11.6 Å². The summed E-state index contributed by atoms with van der Waals surface area (Å²) in [7, 11) is -3.82. The molecule has 1 aliphatic carbocycles. The summed E-state index contributed by atoms with van der Waals surface area (Å²) in [6.07, 6.45) is 4.37. The molecular formula is C20H17ClN4O3S. The van der Waals surface area contributed by atoms with E-state index in [1.807, 2.05) is 12.1 Å². The summed E-state index contributed by atoms with van der Waals surface area (Å²) in [5, 5.41) is 3.46. The third-order valence-corrected chi connectivity index (χ3v) is 6.35. The van der Waals surface area contributed by atoms with Crippen LogP contribution in [-0.2, 0) is 20.2 Å². The number of nitrogens with zero attached hydrogens (tertiary/aromatic N) is 2. The van der Waals surface area contributed by atoms with Crippen LogP contribution in [0, 0.1) is 0 Å². The predicted molar refractivity (Wildman–Crippen MR) is 110 cm³/mol. The van der Waals surface area contributed by atoms with Crippen LogP contribution in [0.15, 0.2) is 71.9 Å². The lowest BCUT2D eigenvalue weighted by Crippen LogP contribution is -2.27. The second kappa shape index (κ2) is 7.46. The van der Waals surface area contributed by atoms with E-state index in [-0.39, 0.29) is 16.8 Å². The maximum atomic E-state index is 12.8. The fraction of sp³-hybridized carbons (Fsp3) is 0.150. The molecule has 0 bridgehead atoms. The van der Waals surface area contributed by atoms with Crippen molar-refractivity contribution >= 4 is 39.2 Å². The number of aromatic nitrogens is 2. The van der Waals surface area contributed by atoms with Gasteiger partial charge in [0.2, 0.25) is 11.9 Å². The molecule has 0 aliphatic heterocycles. The standard InChI is InChI=1S/C20H17ClN4O3S/c21-15-4-1-3-14(13-15)20(9-10-20)18(26)24-16-5-7-17(8-6-16)29(27,28)25-19-22-11-2-12-23-19/h1-8,11-13H,9-10H2,(H,24,26)(H,22,23,25). The van der Waals surface area contributed by atoms with Gasteiger partial charge in [-0.25, -0.2) is 23.1 Å². The number of amides is 1. The zero-order valence-electron chi connectivity index (χ0n) is 15.2. The monoisotopic (exact) mass is 428 g/mol. The number of benzene rings is 2. The summed E-state index contributed by atoms with van der Waals surface area (Å²) in [5.41, 5.74) is 0.814. The topological polar surface area (TPSA) is 101 Å². The number of halogens is 1. The molecule has 0 atom stereocenters. The van der Waals surface area contributed by atoms with E-state index >= 15 is 0 Å². The van der Waals surface area contributed by atoms with Crippen molar-refractivity contribution < 1.29 is 13.2 Å². The summed E-state index contributed by atoms with van der Waals surface area (Å²) < 4.78 is 27.2. The van der Waals surface area contributed by atoms with Crippen molar-refractivity contribution in [1.82, 2.24) is 9.97 Å². The number of hydrogen-bond acceptors (Lipinski definition) is 5. The molecule has 0 radical (unpaired) electrons. The summed E-state index contributed by atoms with van der Waals surface area (Å²) >= 11 is 6.06. The van der Waals surface area contributed by atoms with Gasteiger partial charge >= 0.3 is 0 Å². The van der Waals surface area contributed by atoms with Gasteiger partial charge in [-0.3, -0.25) is 4.79 Å². The van der Waals surface area contributed by atoms with E-state index in [0.717, 1.165) is 18.4 Å². The van der Waals surface area contributed by atoms with Crippen LogP contribution in [0.2, 0.25) is 5.02 Å². The summed E-state index contributed by atoms with van der Waals surface area (Å²) in [6.45, 7) is 0. The Morgan fingerprint density at radius 1 is 1.00 bits per heavy atom. The van der Waals surface area contributed by atoms with Crippen LogP contribution >= 0.6 is 11.6 Å². The van der Waals surface area contributed by atoms with Gasteiger partial charge in [-0.15, -0.1) is 0 Å². The molecule has 29 heavy (non-hydrogen) atoms. The second-order valence-corrected chi connectivity index (χ2v) is 8.87. The van der Waals surface area contributed by atoms with Crippen molar-refractivity contribution in [2.75, 3.05) is 10.0 Å². The first-order chi connectivity index (χ1) is 13.9. The molecule has 7 nitrogen and oxygen atoms in total. The molecule has 1 fully saturated rings. The molecule has 9 heteroatoms. The fourth-order valence-corrected chi connectivity index (χ4v) is 4.21. The van der Waals surface area contributed by atoms with Crippen molar-refractivity contribution in [3.05, 3.63) is 77.6 Å². The Balaban J connectivity index is 1.48. The molecule has 2 aromatic carbocycles. The minimum Gasteiger partial charge on any atom is -0.325 e. The lowest BCUT2D eigenvalue weighted by atomic mass is 9.95. The molecule has 148 valence electrons. The predicted octanol–water partition coefficient (Wildman–Crippen LogP) is 3.60. The van der Waals surface area contributed by atoms with Crippen LogP contribution in [0.1, 0.15) is 18.4 Å². The Bertz CT molecular complexity index is 1150. The molecule has 3 aromatic rings. The first kappa shape index (κ1) is 19.4. The maximum Gasteiger partial charge on any atom is 0.264 e. The lowest BCUT2D eigenvalue weighted by molar-refractivity contribution is -0.118. The van der Waals surface area contributed by atoms with Gasteiger partial charge in [0.05, 0.1) is 10.3 Å². The number of carbonyl (C=O) groups is 1. The minimum atomic E-state index is -3.82.